The number of aromatic nitrogens is 1. The molecule has 3 atom stereocenters. The average Bonchev–Trinajstić information content (AvgIpc) is 3.16. The lowest BCUT2D eigenvalue weighted by atomic mass is 9.84. The van der Waals surface area contributed by atoms with Crippen LogP contribution < -0.4 is 15.2 Å². The number of hydrogen-bond acceptors (Lipinski definition) is 8. The largest absolute Gasteiger partial charge is 0.478 e. The van der Waals surface area contributed by atoms with Crippen LogP contribution >= 0.6 is 0 Å². The third-order valence-electron chi connectivity index (χ3n) is 7.21. The summed E-state index contributed by atoms with van der Waals surface area (Å²) in [5.41, 5.74) is 5.82. The van der Waals surface area contributed by atoms with Crippen LogP contribution in [0, 0.1) is 0 Å². The smallest absolute Gasteiger partial charge is 0.410 e. The number of amides is 2. The number of fused-ring (bicyclic) bond motifs is 8. The highest BCUT2D eigenvalue weighted by atomic mass is 32.2. The number of carbonyl (C=O) groups is 2. The van der Waals surface area contributed by atoms with E-state index in [2.05, 4.69) is 9.71 Å². The normalized spacial score (nSPS) is 28.9. The number of rotatable bonds is 5. The average molecular weight is 561 g/mol. The van der Waals surface area contributed by atoms with Crippen LogP contribution in [0.5, 0.6) is 5.88 Å². The summed E-state index contributed by atoms with van der Waals surface area (Å²) in [6.45, 7) is 0.0525. The summed E-state index contributed by atoms with van der Waals surface area (Å²) < 4.78 is 70.9. The first-order chi connectivity index (χ1) is 18.0. The number of primary amides is 1. The molecular weight excluding hydrogens is 526 g/mol. The summed E-state index contributed by atoms with van der Waals surface area (Å²) in [5.74, 6) is -0.559. The van der Waals surface area contributed by atoms with Gasteiger partial charge >= 0.3 is 6.09 Å². The van der Waals surface area contributed by atoms with Crippen LogP contribution in [-0.4, -0.2) is 80.6 Å². The standard InChI is InChI=1S/C24H34F2N4O7S/c1-38(33,34)29-19-11-16(12-21(27)31)30-20(19)13-37-17-5-3-14(4-6-17)18-9-15(23(25)26)10-22(28-18)35-7-2-8-36-24(30)32/h9-10,14,16-17,19-20,23,29H,2-8,11-13H2,1H3,(H2,27,31)/t14?,16-,17?,19-,20?/m0/s1. The Hall–Kier alpha value is -2.58. The minimum absolute atomic E-state index is 0.0270. The quantitative estimate of drug-likeness (QED) is 0.557. The van der Waals surface area contributed by atoms with E-state index in [4.69, 9.17) is 19.9 Å². The molecule has 5 rings (SSSR count). The summed E-state index contributed by atoms with van der Waals surface area (Å²) in [6, 6.07) is 0.580. The molecule has 4 heterocycles. The Labute approximate surface area is 220 Å². The molecule has 14 heteroatoms. The molecule has 2 fully saturated rings. The van der Waals surface area contributed by atoms with Gasteiger partial charge in [-0.2, -0.15) is 0 Å². The van der Waals surface area contributed by atoms with Crippen molar-refractivity contribution < 1.29 is 41.0 Å². The molecule has 1 aromatic rings. The number of pyridine rings is 1. The Bertz CT molecular complexity index is 1110. The van der Waals surface area contributed by atoms with E-state index in [1.807, 2.05) is 0 Å². The van der Waals surface area contributed by atoms with Gasteiger partial charge in [0.25, 0.3) is 6.43 Å². The van der Waals surface area contributed by atoms with Gasteiger partial charge in [-0.15, -0.1) is 0 Å². The topological polar surface area (TPSA) is 150 Å². The molecule has 212 valence electrons. The molecule has 1 saturated carbocycles. The molecule has 1 unspecified atom stereocenters. The first-order valence-electron chi connectivity index (χ1n) is 12.7. The van der Waals surface area contributed by atoms with Crippen LogP contribution in [-0.2, 0) is 24.3 Å². The lowest BCUT2D eigenvalue weighted by Crippen LogP contribution is -2.51. The Balaban J connectivity index is 1.58. The predicted octanol–water partition coefficient (Wildman–Crippen LogP) is 2.22. The van der Waals surface area contributed by atoms with E-state index in [-0.39, 0.29) is 62.5 Å². The van der Waals surface area contributed by atoms with Gasteiger partial charge in [0.1, 0.15) is 0 Å². The van der Waals surface area contributed by atoms with E-state index >= 15 is 0 Å². The molecule has 4 bridgehead atoms. The lowest BCUT2D eigenvalue weighted by molar-refractivity contribution is -0.119. The first-order valence-corrected chi connectivity index (χ1v) is 14.6. The Morgan fingerprint density at radius 1 is 1.21 bits per heavy atom. The lowest BCUT2D eigenvalue weighted by Gasteiger charge is -2.33. The van der Waals surface area contributed by atoms with Gasteiger partial charge in [0.2, 0.25) is 21.8 Å². The summed E-state index contributed by atoms with van der Waals surface area (Å²) in [4.78, 5) is 30.7. The molecule has 2 amide bonds. The number of sulfonamides is 1. The Morgan fingerprint density at radius 2 is 1.92 bits per heavy atom. The SMILES string of the molecule is CS(=O)(=O)N[C@H]1C[C@@H](CC(N)=O)N2C(=O)OCCCOc3cc(C(F)F)cc(n3)C3CCC(CC3)OCC12. The highest BCUT2D eigenvalue weighted by Gasteiger charge is 2.46. The molecule has 11 nitrogen and oxygen atoms in total. The number of nitrogens with one attached hydrogen (secondary N) is 1. The van der Waals surface area contributed by atoms with Crippen molar-refractivity contribution in [2.24, 2.45) is 5.73 Å². The van der Waals surface area contributed by atoms with Crippen molar-refractivity contribution in [1.82, 2.24) is 14.6 Å². The number of nitrogens with zero attached hydrogens (tertiary/aromatic N) is 2. The molecule has 1 aromatic heterocycles. The zero-order valence-electron chi connectivity index (χ0n) is 21.2. The highest BCUT2D eigenvalue weighted by molar-refractivity contribution is 7.88. The van der Waals surface area contributed by atoms with Gasteiger partial charge in [-0.1, -0.05) is 0 Å². The molecule has 4 aliphatic rings. The van der Waals surface area contributed by atoms with E-state index in [0.717, 1.165) is 6.26 Å². The number of halogens is 2. The van der Waals surface area contributed by atoms with Crippen molar-refractivity contribution in [2.75, 3.05) is 26.1 Å². The van der Waals surface area contributed by atoms with Gasteiger partial charge in [-0.3, -0.25) is 9.69 Å². The fourth-order valence-electron chi connectivity index (χ4n) is 5.51. The zero-order valence-corrected chi connectivity index (χ0v) is 22.0. The van der Waals surface area contributed by atoms with Crippen LogP contribution in [0.2, 0.25) is 0 Å². The number of nitrogens with two attached hydrogens (primary N) is 1. The number of hydrogen-bond donors (Lipinski definition) is 2. The molecule has 38 heavy (non-hydrogen) atoms. The second-order valence-electron chi connectivity index (χ2n) is 10.1. The van der Waals surface area contributed by atoms with E-state index in [9.17, 15) is 26.8 Å². The van der Waals surface area contributed by atoms with Crippen LogP contribution in [0.25, 0.3) is 0 Å². The minimum Gasteiger partial charge on any atom is -0.478 e. The molecular formula is C24H34F2N4O7S. The van der Waals surface area contributed by atoms with E-state index in [1.54, 1.807) is 0 Å². The second kappa shape index (κ2) is 12.1. The van der Waals surface area contributed by atoms with Gasteiger partial charge in [-0.25, -0.2) is 31.7 Å². The van der Waals surface area contributed by atoms with Gasteiger partial charge in [0.05, 0.1) is 38.2 Å². The first kappa shape index (κ1) is 28.4. The molecule has 1 aliphatic carbocycles. The number of alkyl halides is 2. The third kappa shape index (κ3) is 7.29. The maximum atomic E-state index is 13.5. The van der Waals surface area contributed by atoms with Crippen molar-refractivity contribution in [3.63, 3.8) is 0 Å². The second-order valence-corrected chi connectivity index (χ2v) is 11.9. The van der Waals surface area contributed by atoms with Crippen molar-refractivity contribution in [2.45, 2.75) is 81.5 Å². The van der Waals surface area contributed by atoms with E-state index in [0.29, 0.717) is 31.4 Å². The van der Waals surface area contributed by atoms with Gasteiger partial charge in [0.15, 0.2) is 0 Å². The van der Waals surface area contributed by atoms with Crippen molar-refractivity contribution in [3.8, 4) is 5.88 Å². The molecule has 0 radical (unpaired) electrons. The maximum Gasteiger partial charge on any atom is 0.410 e. The van der Waals surface area contributed by atoms with Gasteiger partial charge in [0, 0.05) is 48.2 Å². The van der Waals surface area contributed by atoms with Crippen LogP contribution in [0.1, 0.15) is 68.5 Å². The summed E-state index contributed by atoms with van der Waals surface area (Å²) >= 11 is 0. The van der Waals surface area contributed by atoms with Crippen molar-refractivity contribution in [1.29, 1.82) is 0 Å². The van der Waals surface area contributed by atoms with Gasteiger partial charge < -0.3 is 19.9 Å². The van der Waals surface area contributed by atoms with Crippen LogP contribution in [0.4, 0.5) is 13.6 Å². The minimum atomic E-state index is -3.63. The fraction of sp³-hybridized carbons (Fsp3) is 0.708. The summed E-state index contributed by atoms with van der Waals surface area (Å²) in [6.07, 6.45) is 0.333. The van der Waals surface area contributed by atoms with Crippen LogP contribution in [0.15, 0.2) is 12.1 Å². The Kier molecular flexibility index (Phi) is 9.04. The molecule has 3 aliphatic heterocycles. The van der Waals surface area contributed by atoms with E-state index in [1.165, 1.54) is 17.0 Å². The van der Waals surface area contributed by atoms with Crippen molar-refractivity contribution >= 4 is 22.0 Å². The van der Waals surface area contributed by atoms with Crippen LogP contribution in [0.3, 0.4) is 0 Å². The summed E-state index contributed by atoms with van der Waals surface area (Å²) in [5, 5.41) is 0. The Morgan fingerprint density at radius 3 is 2.58 bits per heavy atom. The molecule has 3 N–H and O–H groups in total. The number of carbonyl (C=O) groups excluding carboxylic acids is 2. The fourth-order valence-corrected chi connectivity index (χ4v) is 6.31. The van der Waals surface area contributed by atoms with E-state index < -0.39 is 46.6 Å². The van der Waals surface area contributed by atoms with Crippen molar-refractivity contribution in [3.05, 3.63) is 23.4 Å². The van der Waals surface area contributed by atoms with Gasteiger partial charge in [-0.05, 0) is 38.2 Å². The summed E-state index contributed by atoms with van der Waals surface area (Å²) in [7, 11) is -3.63. The number of ether oxygens (including phenoxy) is 3. The highest BCUT2D eigenvalue weighted by Crippen LogP contribution is 2.37. The molecule has 1 saturated heterocycles. The molecule has 0 spiro atoms. The zero-order chi connectivity index (χ0) is 27.4. The maximum absolute atomic E-state index is 13.5. The molecule has 0 aromatic carbocycles. The predicted molar refractivity (Wildman–Crippen MR) is 131 cm³/mol. The monoisotopic (exact) mass is 560 g/mol. The third-order valence-corrected chi connectivity index (χ3v) is 7.94.